The Bertz CT molecular complexity index is 1040. The van der Waals surface area contributed by atoms with E-state index in [2.05, 4.69) is 15.1 Å². The average molecular weight is 357 g/mol. The maximum Gasteiger partial charge on any atom is 0.254 e. The largest absolute Gasteiger partial charge is 0.345 e. The van der Waals surface area contributed by atoms with E-state index in [1.54, 1.807) is 30.5 Å². The summed E-state index contributed by atoms with van der Waals surface area (Å²) >= 11 is 0. The van der Waals surface area contributed by atoms with E-state index in [4.69, 9.17) is 0 Å². The molecule has 0 saturated carbocycles. The SMILES string of the molecule is CN(Cc1cnn(-c2ccccc2)c1)C(=O)c1ccccc1-c1ncc[nH]1. The van der Waals surface area contributed by atoms with Gasteiger partial charge in [-0.1, -0.05) is 36.4 Å². The van der Waals surface area contributed by atoms with Gasteiger partial charge < -0.3 is 9.88 Å². The highest BCUT2D eigenvalue weighted by Crippen LogP contribution is 2.21. The number of rotatable bonds is 5. The summed E-state index contributed by atoms with van der Waals surface area (Å²) in [6, 6.07) is 17.4. The van der Waals surface area contributed by atoms with Crippen LogP contribution in [-0.4, -0.2) is 37.6 Å². The number of carbonyl (C=O) groups excluding carboxylic acids is 1. The van der Waals surface area contributed by atoms with Gasteiger partial charge in [-0.05, 0) is 18.2 Å². The molecule has 0 aliphatic carbocycles. The van der Waals surface area contributed by atoms with Crippen molar-refractivity contribution in [2.24, 2.45) is 0 Å². The molecular formula is C21H19N5O. The summed E-state index contributed by atoms with van der Waals surface area (Å²) < 4.78 is 1.81. The van der Waals surface area contributed by atoms with E-state index in [0.29, 0.717) is 17.9 Å². The third kappa shape index (κ3) is 3.50. The van der Waals surface area contributed by atoms with Crippen molar-refractivity contribution in [3.63, 3.8) is 0 Å². The first-order chi connectivity index (χ1) is 13.2. The van der Waals surface area contributed by atoms with E-state index in [9.17, 15) is 4.79 Å². The lowest BCUT2D eigenvalue weighted by atomic mass is 10.1. The lowest BCUT2D eigenvalue weighted by molar-refractivity contribution is 0.0786. The maximum absolute atomic E-state index is 13.0. The monoisotopic (exact) mass is 357 g/mol. The number of aromatic amines is 1. The zero-order valence-corrected chi connectivity index (χ0v) is 14.9. The van der Waals surface area contributed by atoms with Crippen molar-refractivity contribution in [3.05, 3.63) is 90.5 Å². The second-order valence-electron chi connectivity index (χ2n) is 6.27. The van der Waals surface area contributed by atoms with E-state index in [1.165, 1.54) is 0 Å². The van der Waals surface area contributed by atoms with Crippen molar-refractivity contribution in [1.82, 2.24) is 24.6 Å². The third-order valence-corrected chi connectivity index (χ3v) is 4.33. The molecule has 2 aromatic heterocycles. The summed E-state index contributed by atoms with van der Waals surface area (Å²) in [5.41, 5.74) is 3.36. The highest BCUT2D eigenvalue weighted by Gasteiger charge is 2.18. The fourth-order valence-electron chi connectivity index (χ4n) is 3.00. The van der Waals surface area contributed by atoms with Gasteiger partial charge >= 0.3 is 0 Å². The number of aromatic nitrogens is 4. The van der Waals surface area contributed by atoms with Gasteiger partial charge in [0.25, 0.3) is 5.91 Å². The molecule has 6 nitrogen and oxygen atoms in total. The Hall–Kier alpha value is -3.67. The molecule has 0 bridgehead atoms. The first kappa shape index (κ1) is 16.8. The van der Waals surface area contributed by atoms with Crippen molar-refractivity contribution < 1.29 is 4.79 Å². The summed E-state index contributed by atoms with van der Waals surface area (Å²) in [6.07, 6.45) is 7.16. The number of nitrogens with zero attached hydrogens (tertiary/aromatic N) is 4. The molecule has 0 fully saturated rings. The van der Waals surface area contributed by atoms with Gasteiger partial charge in [0.2, 0.25) is 0 Å². The number of H-pyrrole nitrogens is 1. The molecule has 27 heavy (non-hydrogen) atoms. The molecule has 0 aliphatic heterocycles. The smallest absolute Gasteiger partial charge is 0.254 e. The molecule has 2 heterocycles. The number of imidazole rings is 1. The first-order valence-corrected chi connectivity index (χ1v) is 8.65. The minimum atomic E-state index is -0.0607. The Morgan fingerprint density at radius 1 is 1.11 bits per heavy atom. The quantitative estimate of drug-likeness (QED) is 0.594. The van der Waals surface area contributed by atoms with Crippen LogP contribution in [0.2, 0.25) is 0 Å². The highest BCUT2D eigenvalue weighted by atomic mass is 16.2. The average Bonchev–Trinajstić information content (AvgIpc) is 3.40. The third-order valence-electron chi connectivity index (χ3n) is 4.33. The molecule has 1 amide bonds. The lowest BCUT2D eigenvalue weighted by Crippen LogP contribution is -2.26. The number of para-hydroxylation sites is 1. The van der Waals surface area contributed by atoms with Crippen LogP contribution in [0, 0.1) is 0 Å². The van der Waals surface area contributed by atoms with Crippen LogP contribution < -0.4 is 0 Å². The van der Waals surface area contributed by atoms with Gasteiger partial charge in [0.1, 0.15) is 5.82 Å². The number of carbonyl (C=O) groups is 1. The van der Waals surface area contributed by atoms with Crippen LogP contribution in [0.4, 0.5) is 0 Å². The van der Waals surface area contributed by atoms with E-state index in [-0.39, 0.29) is 5.91 Å². The zero-order valence-electron chi connectivity index (χ0n) is 14.9. The minimum Gasteiger partial charge on any atom is -0.345 e. The molecule has 6 heteroatoms. The molecule has 0 unspecified atom stereocenters. The Morgan fingerprint density at radius 3 is 2.67 bits per heavy atom. The zero-order chi connectivity index (χ0) is 18.6. The first-order valence-electron chi connectivity index (χ1n) is 8.65. The molecule has 0 spiro atoms. The van der Waals surface area contributed by atoms with E-state index < -0.39 is 0 Å². The maximum atomic E-state index is 13.0. The summed E-state index contributed by atoms with van der Waals surface area (Å²) in [6.45, 7) is 0.470. The Labute approximate surface area is 157 Å². The predicted octanol–water partition coefficient (Wildman–Crippen LogP) is 3.53. The lowest BCUT2D eigenvalue weighted by Gasteiger charge is -2.18. The van der Waals surface area contributed by atoms with Crippen molar-refractivity contribution in [2.45, 2.75) is 6.54 Å². The summed E-state index contributed by atoms with van der Waals surface area (Å²) in [4.78, 5) is 22.0. The van der Waals surface area contributed by atoms with E-state index in [1.807, 2.05) is 65.5 Å². The number of benzene rings is 2. The van der Waals surface area contributed by atoms with Gasteiger partial charge in [-0.3, -0.25) is 4.79 Å². The number of nitrogens with one attached hydrogen (secondary N) is 1. The Kier molecular flexibility index (Phi) is 4.53. The van der Waals surface area contributed by atoms with Crippen molar-refractivity contribution in [1.29, 1.82) is 0 Å². The summed E-state index contributed by atoms with van der Waals surface area (Å²) in [7, 11) is 1.79. The molecule has 0 atom stereocenters. The van der Waals surface area contributed by atoms with E-state index >= 15 is 0 Å². The topological polar surface area (TPSA) is 66.8 Å². The standard InChI is InChI=1S/C21H19N5O/c1-25(14-16-13-24-26(15-16)17-7-3-2-4-8-17)21(27)19-10-6-5-9-18(19)20-22-11-12-23-20/h2-13,15H,14H2,1H3,(H,22,23). The van der Waals surface area contributed by atoms with E-state index in [0.717, 1.165) is 16.8 Å². The minimum absolute atomic E-state index is 0.0607. The normalized spacial score (nSPS) is 10.7. The number of amides is 1. The molecule has 0 aliphatic rings. The molecule has 0 radical (unpaired) electrons. The summed E-state index contributed by atoms with van der Waals surface area (Å²) in [5.74, 6) is 0.624. The molecule has 134 valence electrons. The predicted molar refractivity (Wildman–Crippen MR) is 103 cm³/mol. The van der Waals surface area contributed by atoms with Crippen LogP contribution in [0.1, 0.15) is 15.9 Å². The van der Waals surface area contributed by atoms with Gasteiger partial charge in [0, 0.05) is 43.3 Å². The van der Waals surface area contributed by atoms with Crippen LogP contribution in [-0.2, 0) is 6.54 Å². The van der Waals surface area contributed by atoms with Crippen LogP contribution in [0.3, 0.4) is 0 Å². The fourth-order valence-corrected chi connectivity index (χ4v) is 3.00. The molecular weight excluding hydrogens is 338 g/mol. The van der Waals surface area contributed by atoms with Crippen LogP contribution in [0.15, 0.2) is 79.4 Å². The van der Waals surface area contributed by atoms with Gasteiger partial charge in [0.15, 0.2) is 0 Å². The van der Waals surface area contributed by atoms with Gasteiger partial charge in [-0.2, -0.15) is 5.10 Å². The van der Waals surface area contributed by atoms with Gasteiger partial charge in [-0.25, -0.2) is 9.67 Å². The number of hydrogen-bond acceptors (Lipinski definition) is 3. The van der Waals surface area contributed by atoms with Gasteiger partial charge in [-0.15, -0.1) is 0 Å². The van der Waals surface area contributed by atoms with Crippen molar-refractivity contribution in [2.75, 3.05) is 7.05 Å². The Balaban J connectivity index is 1.54. The van der Waals surface area contributed by atoms with Crippen LogP contribution in [0.25, 0.3) is 17.1 Å². The van der Waals surface area contributed by atoms with Crippen molar-refractivity contribution in [3.8, 4) is 17.1 Å². The molecule has 4 aromatic rings. The highest BCUT2D eigenvalue weighted by molar-refractivity contribution is 5.99. The molecule has 0 saturated heterocycles. The Morgan fingerprint density at radius 2 is 1.89 bits per heavy atom. The summed E-state index contributed by atoms with van der Waals surface area (Å²) in [5, 5.41) is 4.39. The van der Waals surface area contributed by atoms with Gasteiger partial charge in [0.05, 0.1) is 17.4 Å². The van der Waals surface area contributed by atoms with Crippen LogP contribution in [0.5, 0.6) is 0 Å². The van der Waals surface area contributed by atoms with Crippen molar-refractivity contribution >= 4 is 5.91 Å². The molecule has 4 rings (SSSR count). The number of hydrogen-bond donors (Lipinski definition) is 1. The fraction of sp³-hybridized carbons (Fsp3) is 0.0952. The second kappa shape index (κ2) is 7.29. The molecule has 2 aromatic carbocycles. The van der Waals surface area contributed by atoms with Crippen LogP contribution >= 0.6 is 0 Å². The molecule has 1 N–H and O–H groups in total. The second-order valence-corrected chi connectivity index (χ2v) is 6.27.